The van der Waals surface area contributed by atoms with Crippen molar-refractivity contribution in [3.63, 3.8) is 0 Å². The summed E-state index contributed by atoms with van der Waals surface area (Å²) in [6.07, 6.45) is 12.2. The van der Waals surface area contributed by atoms with E-state index in [4.69, 9.17) is 10.8 Å². The van der Waals surface area contributed by atoms with Crippen molar-refractivity contribution in [2.24, 2.45) is 5.73 Å². The number of hydrogen-bond acceptors (Lipinski definition) is 3. The number of nitrogens with one attached hydrogen (secondary N) is 1. The summed E-state index contributed by atoms with van der Waals surface area (Å²) in [6, 6.07) is -0.797. The summed E-state index contributed by atoms with van der Waals surface area (Å²) in [7, 11) is 0. The molecule has 0 radical (unpaired) electrons. The number of hydrogen-bond donors (Lipinski definition) is 3. The second kappa shape index (κ2) is 14.8. The van der Waals surface area contributed by atoms with Crippen LogP contribution in [0, 0.1) is 0 Å². The molecule has 1 atom stereocenters. The molecular formula is C17H34N2O3. The molecule has 0 saturated carbocycles. The minimum atomic E-state index is -0.978. The average molecular weight is 314 g/mol. The lowest BCUT2D eigenvalue weighted by atomic mass is 10.1. The molecule has 0 aromatic carbocycles. The van der Waals surface area contributed by atoms with Crippen molar-refractivity contribution in [2.75, 3.05) is 6.54 Å². The molecule has 0 aromatic rings. The van der Waals surface area contributed by atoms with E-state index in [1.165, 1.54) is 38.5 Å². The maximum atomic E-state index is 11.7. The van der Waals surface area contributed by atoms with Crippen LogP contribution in [0.1, 0.15) is 84.0 Å². The Hall–Kier alpha value is -1.10. The molecule has 22 heavy (non-hydrogen) atoms. The van der Waals surface area contributed by atoms with Crippen LogP contribution >= 0.6 is 0 Å². The summed E-state index contributed by atoms with van der Waals surface area (Å²) in [4.78, 5) is 22.7. The Bertz CT molecular complexity index is 296. The van der Waals surface area contributed by atoms with Crippen molar-refractivity contribution in [3.05, 3.63) is 0 Å². The van der Waals surface area contributed by atoms with Gasteiger partial charge in [0, 0.05) is 6.42 Å². The quantitative estimate of drug-likeness (QED) is 0.405. The molecule has 0 aliphatic heterocycles. The van der Waals surface area contributed by atoms with Crippen LogP contribution in [0.5, 0.6) is 0 Å². The molecule has 0 bridgehead atoms. The van der Waals surface area contributed by atoms with Gasteiger partial charge < -0.3 is 16.2 Å². The highest BCUT2D eigenvalue weighted by molar-refractivity contribution is 5.83. The largest absolute Gasteiger partial charge is 0.480 e. The number of rotatable bonds is 15. The molecule has 0 saturated heterocycles. The summed E-state index contributed by atoms with van der Waals surface area (Å²) in [6.45, 7) is 2.66. The first-order valence-corrected chi connectivity index (χ1v) is 8.84. The highest BCUT2D eigenvalue weighted by Crippen LogP contribution is 2.10. The summed E-state index contributed by atoms with van der Waals surface area (Å²) in [5.74, 6) is -1.14. The SMILES string of the molecule is CCCCCCCCCCCC(=O)NC(CCCN)C(=O)O. The predicted octanol–water partition coefficient (Wildman–Crippen LogP) is 3.22. The van der Waals surface area contributed by atoms with Crippen LogP contribution < -0.4 is 11.1 Å². The van der Waals surface area contributed by atoms with E-state index >= 15 is 0 Å². The Labute approximate surface area is 135 Å². The van der Waals surface area contributed by atoms with Crippen LogP contribution in [0.15, 0.2) is 0 Å². The van der Waals surface area contributed by atoms with Gasteiger partial charge in [0.05, 0.1) is 0 Å². The molecule has 1 amide bonds. The highest BCUT2D eigenvalue weighted by atomic mass is 16.4. The van der Waals surface area contributed by atoms with Crippen LogP contribution in [-0.4, -0.2) is 29.6 Å². The summed E-state index contributed by atoms with van der Waals surface area (Å²) < 4.78 is 0. The highest BCUT2D eigenvalue weighted by Gasteiger charge is 2.18. The van der Waals surface area contributed by atoms with E-state index in [2.05, 4.69) is 12.2 Å². The normalized spacial score (nSPS) is 12.1. The van der Waals surface area contributed by atoms with Gasteiger partial charge in [-0.2, -0.15) is 0 Å². The van der Waals surface area contributed by atoms with E-state index in [1.54, 1.807) is 0 Å². The third-order valence-corrected chi connectivity index (χ3v) is 3.84. The Balaban J connectivity index is 3.57. The van der Waals surface area contributed by atoms with Crippen LogP contribution in [0.4, 0.5) is 0 Å². The van der Waals surface area contributed by atoms with Crippen LogP contribution in [0.25, 0.3) is 0 Å². The minimum absolute atomic E-state index is 0.160. The summed E-state index contributed by atoms with van der Waals surface area (Å²) in [5, 5.41) is 11.6. The van der Waals surface area contributed by atoms with Crippen molar-refractivity contribution >= 4 is 11.9 Å². The molecule has 0 rings (SSSR count). The molecule has 0 heterocycles. The minimum Gasteiger partial charge on any atom is -0.480 e. The topological polar surface area (TPSA) is 92.4 Å². The molecule has 5 heteroatoms. The molecule has 5 nitrogen and oxygen atoms in total. The van der Waals surface area contributed by atoms with Gasteiger partial charge in [-0.3, -0.25) is 4.79 Å². The first-order valence-electron chi connectivity index (χ1n) is 8.84. The van der Waals surface area contributed by atoms with Gasteiger partial charge >= 0.3 is 5.97 Å². The molecule has 0 spiro atoms. The Morgan fingerprint density at radius 2 is 1.50 bits per heavy atom. The van der Waals surface area contributed by atoms with E-state index < -0.39 is 12.0 Å². The number of carbonyl (C=O) groups is 2. The van der Waals surface area contributed by atoms with Crippen molar-refractivity contribution in [3.8, 4) is 0 Å². The van der Waals surface area contributed by atoms with Crippen molar-refractivity contribution < 1.29 is 14.7 Å². The number of carboxylic acids is 1. The van der Waals surface area contributed by atoms with Gasteiger partial charge in [0.1, 0.15) is 6.04 Å². The number of amides is 1. The third-order valence-electron chi connectivity index (χ3n) is 3.84. The van der Waals surface area contributed by atoms with E-state index in [1.807, 2.05) is 0 Å². The maximum Gasteiger partial charge on any atom is 0.326 e. The molecule has 130 valence electrons. The van der Waals surface area contributed by atoms with Crippen LogP contribution in [0.2, 0.25) is 0 Å². The van der Waals surface area contributed by atoms with Crippen molar-refractivity contribution in [2.45, 2.75) is 90.0 Å². The zero-order chi connectivity index (χ0) is 16.6. The third kappa shape index (κ3) is 12.6. The van der Waals surface area contributed by atoms with E-state index in [0.717, 1.165) is 19.3 Å². The molecule has 0 fully saturated rings. The fraction of sp³-hybridized carbons (Fsp3) is 0.882. The lowest BCUT2D eigenvalue weighted by Crippen LogP contribution is -2.40. The average Bonchev–Trinajstić information content (AvgIpc) is 2.49. The number of unbranched alkanes of at least 4 members (excludes halogenated alkanes) is 8. The first-order chi connectivity index (χ1) is 10.6. The monoisotopic (exact) mass is 314 g/mol. The Morgan fingerprint density at radius 1 is 0.955 bits per heavy atom. The summed E-state index contributed by atoms with van der Waals surface area (Å²) in [5.41, 5.74) is 5.37. The maximum absolute atomic E-state index is 11.7. The lowest BCUT2D eigenvalue weighted by molar-refractivity contribution is -0.142. The van der Waals surface area contributed by atoms with Gasteiger partial charge in [-0.15, -0.1) is 0 Å². The van der Waals surface area contributed by atoms with E-state index in [0.29, 0.717) is 25.8 Å². The van der Waals surface area contributed by atoms with Gasteiger partial charge in [0.2, 0.25) is 5.91 Å². The van der Waals surface area contributed by atoms with Gasteiger partial charge in [-0.25, -0.2) is 4.79 Å². The van der Waals surface area contributed by atoms with Crippen LogP contribution in [0.3, 0.4) is 0 Å². The fourth-order valence-corrected chi connectivity index (χ4v) is 2.44. The molecule has 0 aliphatic rings. The second-order valence-electron chi connectivity index (χ2n) is 5.97. The molecule has 0 aliphatic carbocycles. The second-order valence-corrected chi connectivity index (χ2v) is 5.97. The molecular weight excluding hydrogens is 280 g/mol. The lowest BCUT2D eigenvalue weighted by Gasteiger charge is -2.13. The number of nitrogens with two attached hydrogens (primary N) is 1. The van der Waals surface area contributed by atoms with Gasteiger partial charge in [0.15, 0.2) is 0 Å². The zero-order valence-electron chi connectivity index (χ0n) is 14.1. The van der Waals surface area contributed by atoms with Gasteiger partial charge in [0.25, 0.3) is 0 Å². The van der Waals surface area contributed by atoms with E-state index in [-0.39, 0.29) is 5.91 Å². The molecule has 4 N–H and O–H groups in total. The Kier molecular flexibility index (Phi) is 14.1. The van der Waals surface area contributed by atoms with Gasteiger partial charge in [-0.1, -0.05) is 58.3 Å². The number of carbonyl (C=O) groups excluding carboxylic acids is 1. The zero-order valence-corrected chi connectivity index (χ0v) is 14.1. The fourth-order valence-electron chi connectivity index (χ4n) is 2.44. The predicted molar refractivity (Wildman–Crippen MR) is 89.7 cm³/mol. The standard InChI is InChI=1S/C17H34N2O3/c1-2-3-4-5-6-7-8-9-10-13-16(20)19-15(17(21)22)12-11-14-18/h15H,2-14,18H2,1H3,(H,19,20)(H,21,22). The van der Waals surface area contributed by atoms with Crippen LogP contribution in [-0.2, 0) is 9.59 Å². The van der Waals surface area contributed by atoms with Crippen molar-refractivity contribution in [1.29, 1.82) is 0 Å². The Morgan fingerprint density at radius 3 is 2.00 bits per heavy atom. The first kappa shape index (κ1) is 20.9. The van der Waals surface area contributed by atoms with Gasteiger partial charge in [-0.05, 0) is 25.8 Å². The van der Waals surface area contributed by atoms with Crippen molar-refractivity contribution in [1.82, 2.24) is 5.32 Å². The summed E-state index contributed by atoms with van der Waals surface area (Å²) >= 11 is 0. The van der Waals surface area contributed by atoms with E-state index in [9.17, 15) is 9.59 Å². The number of carboxylic acid groups (broad SMARTS) is 1. The molecule has 1 unspecified atom stereocenters. The smallest absolute Gasteiger partial charge is 0.326 e. The number of aliphatic carboxylic acids is 1. The molecule has 0 aromatic heterocycles.